The van der Waals surface area contributed by atoms with Gasteiger partial charge in [-0.15, -0.1) is 0 Å². The van der Waals surface area contributed by atoms with Crippen molar-refractivity contribution in [3.8, 4) is 0 Å². The Kier molecular flexibility index (Phi) is 6.82. The Bertz CT molecular complexity index is 771. The van der Waals surface area contributed by atoms with E-state index in [2.05, 4.69) is 0 Å². The summed E-state index contributed by atoms with van der Waals surface area (Å²) in [4.78, 5) is 23.9. The first-order valence-electron chi connectivity index (χ1n) is 6.89. The number of carboxylic acid groups (broad SMARTS) is 2. The van der Waals surface area contributed by atoms with E-state index in [1.54, 1.807) is 30.3 Å². The van der Waals surface area contributed by atoms with Gasteiger partial charge in [0, 0.05) is 21.9 Å². The first kappa shape index (κ1) is 20.5. The highest BCUT2D eigenvalue weighted by molar-refractivity contribution is 7.99. The minimum atomic E-state index is -1.03. The van der Waals surface area contributed by atoms with E-state index in [4.69, 9.17) is 0 Å². The van der Waals surface area contributed by atoms with Gasteiger partial charge < -0.3 is 34.2 Å². The normalized spacial score (nSPS) is 10.8. The molecule has 0 heterocycles. The molecular formula is C17H18INO4S. The van der Waals surface area contributed by atoms with E-state index in [1.807, 2.05) is 27.2 Å². The van der Waals surface area contributed by atoms with E-state index < -0.39 is 11.9 Å². The number of rotatable bonds is 5. The maximum atomic E-state index is 11.6. The summed E-state index contributed by atoms with van der Waals surface area (Å²) < 4.78 is 0.497. The van der Waals surface area contributed by atoms with Gasteiger partial charge in [0.1, 0.15) is 5.69 Å². The van der Waals surface area contributed by atoms with Gasteiger partial charge in [-0.25, -0.2) is 9.59 Å². The number of hydrogen-bond acceptors (Lipinski definition) is 3. The van der Waals surface area contributed by atoms with Crippen LogP contribution in [0.25, 0.3) is 0 Å². The molecule has 0 aromatic heterocycles. The van der Waals surface area contributed by atoms with Crippen molar-refractivity contribution in [2.75, 3.05) is 21.1 Å². The maximum absolute atomic E-state index is 11.6. The van der Waals surface area contributed by atoms with Gasteiger partial charge >= 0.3 is 11.9 Å². The predicted molar refractivity (Wildman–Crippen MR) is 90.5 cm³/mol. The number of quaternary nitrogens is 1. The van der Waals surface area contributed by atoms with Crippen LogP contribution in [-0.2, 0) is 0 Å². The lowest BCUT2D eigenvalue weighted by atomic mass is 10.2. The van der Waals surface area contributed by atoms with Gasteiger partial charge in [-0.2, -0.15) is 0 Å². The van der Waals surface area contributed by atoms with Crippen molar-refractivity contribution in [1.82, 2.24) is 4.48 Å². The van der Waals surface area contributed by atoms with E-state index in [0.29, 0.717) is 14.3 Å². The second kappa shape index (κ2) is 8.00. The summed E-state index contributed by atoms with van der Waals surface area (Å²) in [6.07, 6.45) is 0. The lowest BCUT2D eigenvalue weighted by Gasteiger charge is -2.24. The van der Waals surface area contributed by atoms with Crippen molar-refractivity contribution in [2.24, 2.45) is 0 Å². The Hall–Kier alpha value is -1.58. The summed E-state index contributed by atoms with van der Waals surface area (Å²) >= 11 is 1.15. The molecule has 24 heavy (non-hydrogen) atoms. The smallest absolute Gasteiger partial charge is 0.337 e. The predicted octanol–water partition coefficient (Wildman–Crippen LogP) is 0.435. The van der Waals surface area contributed by atoms with Crippen molar-refractivity contribution in [2.45, 2.75) is 9.79 Å². The molecule has 0 atom stereocenters. The summed E-state index contributed by atoms with van der Waals surface area (Å²) in [5.74, 6) is -2.07. The number of halogens is 1. The monoisotopic (exact) mass is 459 g/mol. The van der Waals surface area contributed by atoms with Crippen LogP contribution in [-0.4, -0.2) is 43.3 Å². The Morgan fingerprint density at radius 1 is 0.875 bits per heavy atom. The second-order valence-corrected chi connectivity index (χ2v) is 6.99. The SMILES string of the molecule is C[N+](C)(C)c1ccc(Sc2ccccc2C(=O)O)c(C(=O)O)c1.[I-]. The molecule has 0 unspecified atom stereocenters. The highest BCUT2D eigenvalue weighted by Gasteiger charge is 2.20. The highest BCUT2D eigenvalue weighted by atomic mass is 127. The van der Waals surface area contributed by atoms with Gasteiger partial charge in [-0.3, -0.25) is 4.48 Å². The Morgan fingerprint density at radius 3 is 1.96 bits per heavy atom. The Balaban J connectivity index is 0.00000288. The van der Waals surface area contributed by atoms with Gasteiger partial charge in [0.2, 0.25) is 0 Å². The van der Waals surface area contributed by atoms with Crippen LogP contribution in [0.15, 0.2) is 52.3 Å². The number of benzene rings is 2. The van der Waals surface area contributed by atoms with Crippen molar-refractivity contribution in [1.29, 1.82) is 0 Å². The summed E-state index contributed by atoms with van der Waals surface area (Å²) in [6.45, 7) is 0. The zero-order valence-corrected chi connectivity index (χ0v) is 16.5. The van der Waals surface area contributed by atoms with E-state index in [1.165, 1.54) is 6.07 Å². The van der Waals surface area contributed by atoms with Crippen LogP contribution >= 0.6 is 11.8 Å². The average Bonchev–Trinajstić information content (AvgIpc) is 2.46. The molecule has 0 saturated carbocycles. The fraction of sp³-hybridized carbons (Fsp3) is 0.176. The maximum Gasteiger partial charge on any atom is 0.337 e. The Labute approximate surface area is 161 Å². The molecule has 0 aliphatic carbocycles. The molecule has 128 valence electrons. The lowest BCUT2D eigenvalue weighted by Crippen LogP contribution is -3.00. The molecule has 2 N–H and O–H groups in total. The third kappa shape index (κ3) is 4.71. The quantitative estimate of drug-likeness (QED) is 0.502. The van der Waals surface area contributed by atoms with Gasteiger partial charge in [-0.1, -0.05) is 23.9 Å². The van der Waals surface area contributed by atoms with Crippen LogP contribution < -0.4 is 28.5 Å². The number of hydrogen-bond donors (Lipinski definition) is 2. The van der Waals surface area contributed by atoms with Crippen LogP contribution in [0.4, 0.5) is 5.69 Å². The number of carbonyl (C=O) groups is 2. The molecule has 5 nitrogen and oxygen atoms in total. The fourth-order valence-electron chi connectivity index (χ4n) is 2.04. The molecule has 2 rings (SSSR count). The van der Waals surface area contributed by atoms with Crippen molar-refractivity contribution in [3.63, 3.8) is 0 Å². The molecule has 0 radical (unpaired) electrons. The first-order chi connectivity index (χ1) is 10.7. The third-order valence-corrected chi connectivity index (χ3v) is 4.46. The van der Waals surface area contributed by atoms with Gasteiger partial charge in [0.15, 0.2) is 0 Å². The van der Waals surface area contributed by atoms with E-state index in [9.17, 15) is 19.8 Å². The second-order valence-electron chi connectivity index (χ2n) is 5.90. The first-order valence-corrected chi connectivity index (χ1v) is 7.71. The molecule has 0 bridgehead atoms. The van der Waals surface area contributed by atoms with Gasteiger partial charge in [0.25, 0.3) is 0 Å². The largest absolute Gasteiger partial charge is 1.00 e. The van der Waals surface area contributed by atoms with Crippen LogP contribution in [0.3, 0.4) is 0 Å². The fourth-order valence-corrected chi connectivity index (χ4v) is 3.08. The van der Waals surface area contributed by atoms with E-state index >= 15 is 0 Å². The summed E-state index contributed by atoms with van der Waals surface area (Å²) in [7, 11) is 5.86. The number of nitrogens with zero attached hydrogens (tertiary/aromatic N) is 1. The van der Waals surface area contributed by atoms with E-state index in [-0.39, 0.29) is 35.1 Å². The molecule has 0 fully saturated rings. The Morgan fingerprint density at radius 2 is 1.42 bits per heavy atom. The van der Waals surface area contributed by atoms with Crippen molar-refractivity contribution < 1.29 is 43.8 Å². The molecule has 0 aliphatic heterocycles. The molecule has 0 spiro atoms. The number of aromatic carboxylic acids is 2. The molecule has 2 aromatic rings. The standard InChI is InChI=1S/C17H17NO4S.HI/c1-18(2,3)11-8-9-15(13(10-11)17(21)22)23-14-7-5-4-6-12(14)16(19)20;/h4-10H,1-3H3,(H-,19,20,21,22);1H. The van der Waals surface area contributed by atoms with Crippen molar-refractivity contribution in [3.05, 3.63) is 53.6 Å². The molecule has 7 heteroatoms. The summed E-state index contributed by atoms with van der Waals surface area (Å²) in [6, 6.07) is 11.8. The molecular weight excluding hydrogens is 441 g/mol. The van der Waals surface area contributed by atoms with Crippen LogP contribution in [0.5, 0.6) is 0 Å². The van der Waals surface area contributed by atoms with E-state index in [0.717, 1.165) is 17.4 Å². The van der Waals surface area contributed by atoms with Gasteiger partial charge in [-0.05, 0) is 18.2 Å². The lowest BCUT2D eigenvalue weighted by molar-refractivity contribution is -0.0000355. The number of carboxylic acids is 2. The van der Waals surface area contributed by atoms with Crippen molar-refractivity contribution >= 4 is 29.4 Å². The zero-order chi connectivity index (χ0) is 17.2. The van der Waals surface area contributed by atoms with Crippen LogP contribution in [0, 0.1) is 0 Å². The topological polar surface area (TPSA) is 74.6 Å². The minimum absolute atomic E-state index is 0. The molecule has 0 aliphatic rings. The zero-order valence-electron chi connectivity index (χ0n) is 13.5. The summed E-state index contributed by atoms with van der Waals surface area (Å²) in [5.41, 5.74) is 1.18. The third-order valence-electron chi connectivity index (χ3n) is 3.31. The summed E-state index contributed by atoms with van der Waals surface area (Å²) in [5, 5.41) is 18.7. The molecule has 2 aromatic carbocycles. The van der Waals surface area contributed by atoms with Crippen LogP contribution in [0.2, 0.25) is 0 Å². The molecule has 0 amide bonds. The average molecular weight is 459 g/mol. The van der Waals surface area contributed by atoms with Crippen LogP contribution in [0.1, 0.15) is 20.7 Å². The highest BCUT2D eigenvalue weighted by Crippen LogP contribution is 2.35. The molecule has 0 saturated heterocycles. The minimum Gasteiger partial charge on any atom is -1.00 e. The van der Waals surface area contributed by atoms with Gasteiger partial charge in [0.05, 0.1) is 32.3 Å².